The van der Waals surface area contributed by atoms with Gasteiger partial charge in [0.15, 0.2) is 0 Å². The Balaban J connectivity index is 2.11. The monoisotopic (exact) mass is 215 g/mol. The Kier molecular flexibility index (Phi) is 3.12. The fourth-order valence-corrected chi connectivity index (χ4v) is 1.52. The molecule has 0 aromatic carbocycles. The highest BCUT2D eigenvalue weighted by molar-refractivity contribution is 5.32. The second-order valence-corrected chi connectivity index (χ2v) is 3.56. The van der Waals surface area contributed by atoms with Gasteiger partial charge in [-0.05, 0) is 29.8 Å². The first kappa shape index (κ1) is 10.6. The minimum atomic E-state index is -0.608. The molecule has 16 heavy (non-hydrogen) atoms. The van der Waals surface area contributed by atoms with Crippen molar-refractivity contribution in [2.45, 2.75) is 12.5 Å². The molecule has 2 rings (SSSR count). The first-order valence-electron chi connectivity index (χ1n) is 5.05. The van der Waals surface area contributed by atoms with Gasteiger partial charge < -0.3 is 10.8 Å². The van der Waals surface area contributed by atoms with Gasteiger partial charge in [0, 0.05) is 18.8 Å². The second-order valence-electron chi connectivity index (χ2n) is 3.56. The lowest BCUT2D eigenvalue weighted by molar-refractivity contribution is 0.173. The van der Waals surface area contributed by atoms with Crippen LogP contribution in [0.25, 0.3) is 0 Å². The first-order valence-corrected chi connectivity index (χ1v) is 5.05. The number of nitrogens with two attached hydrogens (primary N) is 1. The summed E-state index contributed by atoms with van der Waals surface area (Å²) in [6, 6.07) is 9.07. The minimum absolute atomic E-state index is 0.464. The van der Waals surface area contributed by atoms with Crippen molar-refractivity contribution in [3.63, 3.8) is 0 Å². The SMILES string of the molecule is Nc1cc(CC(O)c2ccccn2)ccn1. The summed E-state index contributed by atoms with van der Waals surface area (Å²) in [6.07, 6.45) is 3.18. The van der Waals surface area contributed by atoms with E-state index in [2.05, 4.69) is 9.97 Å². The van der Waals surface area contributed by atoms with E-state index in [1.54, 1.807) is 24.5 Å². The molecule has 4 heteroatoms. The van der Waals surface area contributed by atoms with E-state index < -0.39 is 6.10 Å². The van der Waals surface area contributed by atoms with Gasteiger partial charge in [-0.25, -0.2) is 4.98 Å². The maximum Gasteiger partial charge on any atom is 0.123 e. The van der Waals surface area contributed by atoms with Gasteiger partial charge in [-0.3, -0.25) is 4.98 Å². The van der Waals surface area contributed by atoms with E-state index in [4.69, 9.17) is 5.73 Å². The number of hydrogen-bond acceptors (Lipinski definition) is 4. The minimum Gasteiger partial charge on any atom is -0.386 e. The smallest absolute Gasteiger partial charge is 0.123 e. The normalized spacial score (nSPS) is 12.3. The molecule has 4 nitrogen and oxygen atoms in total. The standard InChI is InChI=1S/C12H13N3O/c13-12-8-9(4-6-15-12)7-11(16)10-3-1-2-5-14-10/h1-6,8,11,16H,7H2,(H2,13,15). The first-order chi connectivity index (χ1) is 7.75. The van der Waals surface area contributed by atoms with Crippen LogP contribution in [0.4, 0.5) is 5.82 Å². The summed E-state index contributed by atoms with van der Waals surface area (Å²) in [5, 5.41) is 9.94. The summed E-state index contributed by atoms with van der Waals surface area (Å²) >= 11 is 0. The zero-order chi connectivity index (χ0) is 11.4. The Bertz CT molecular complexity index is 459. The molecule has 0 fully saturated rings. The molecule has 0 aliphatic carbocycles. The Morgan fingerprint density at radius 2 is 2.06 bits per heavy atom. The van der Waals surface area contributed by atoms with Gasteiger partial charge in [-0.15, -0.1) is 0 Å². The van der Waals surface area contributed by atoms with Crippen molar-refractivity contribution in [1.82, 2.24) is 9.97 Å². The van der Waals surface area contributed by atoms with Crippen LogP contribution in [0.2, 0.25) is 0 Å². The van der Waals surface area contributed by atoms with E-state index in [0.29, 0.717) is 17.9 Å². The van der Waals surface area contributed by atoms with Gasteiger partial charge in [0.25, 0.3) is 0 Å². The molecule has 0 amide bonds. The predicted octanol–water partition coefficient (Wildman–Crippen LogP) is 1.33. The molecule has 1 unspecified atom stereocenters. The van der Waals surface area contributed by atoms with Crippen LogP contribution in [-0.4, -0.2) is 15.1 Å². The Morgan fingerprint density at radius 3 is 2.75 bits per heavy atom. The van der Waals surface area contributed by atoms with Crippen molar-refractivity contribution in [2.24, 2.45) is 0 Å². The van der Waals surface area contributed by atoms with Crippen molar-refractivity contribution in [3.05, 3.63) is 54.0 Å². The highest BCUT2D eigenvalue weighted by atomic mass is 16.3. The molecule has 0 aliphatic heterocycles. The number of hydrogen-bond donors (Lipinski definition) is 2. The van der Waals surface area contributed by atoms with Crippen molar-refractivity contribution >= 4 is 5.82 Å². The largest absolute Gasteiger partial charge is 0.386 e. The average molecular weight is 215 g/mol. The fourth-order valence-electron chi connectivity index (χ4n) is 1.52. The molecule has 0 aliphatic rings. The van der Waals surface area contributed by atoms with E-state index >= 15 is 0 Å². The number of nitrogen functional groups attached to an aromatic ring is 1. The molecule has 0 spiro atoms. The summed E-state index contributed by atoms with van der Waals surface area (Å²) < 4.78 is 0. The van der Waals surface area contributed by atoms with Crippen LogP contribution in [0.15, 0.2) is 42.7 Å². The molecular weight excluding hydrogens is 202 g/mol. The third kappa shape index (κ3) is 2.55. The molecule has 0 saturated heterocycles. The quantitative estimate of drug-likeness (QED) is 0.810. The Morgan fingerprint density at radius 1 is 1.19 bits per heavy atom. The average Bonchev–Trinajstić information content (AvgIpc) is 2.30. The van der Waals surface area contributed by atoms with E-state index in [1.165, 1.54) is 0 Å². The number of aliphatic hydroxyl groups excluding tert-OH is 1. The van der Waals surface area contributed by atoms with E-state index in [1.807, 2.05) is 18.2 Å². The van der Waals surface area contributed by atoms with Gasteiger partial charge in [-0.2, -0.15) is 0 Å². The molecule has 0 bridgehead atoms. The van der Waals surface area contributed by atoms with Crippen LogP contribution < -0.4 is 5.73 Å². The lowest BCUT2D eigenvalue weighted by atomic mass is 10.1. The zero-order valence-electron chi connectivity index (χ0n) is 8.74. The summed E-state index contributed by atoms with van der Waals surface area (Å²) in [6.45, 7) is 0. The molecule has 0 saturated carbocycles. The molecule has 0 radical (unpaired) electrons. The van der Waals surface area contributed by atoms with E-state index in [9.17, 15) is 5.11 Å². The number of aliphatic hydroxyl groups is 1. The molecule has 82 valence electrons. The molecule has 3 N–H and O–H groups in total. The van der Waals surface area contributed by atoms with Crippen molar-refractivity contribution in [2.75, 3.05) is 5.73 Å². The molecular formula is C12H13N3O. The van der Waals surface area contributed by atoms with Gasteiger partial charge >= 0.3 is 0 Å². The third-order valence-corrected chi connectivity index (χ3v) is 2.30. The predicted molar refractivity (Wildman–Crippen MR) is 61.6 cm³/mol. The summed E-state index contributed by atoms with van der Waals surface area (Å²) in [4.78, 5) is 8.00. The molecule has 2 aromatic rings. The lowest BCUT2D eigenvalue weighted by Gasteiger charge is -2.09. The highest BCUT2D eigenvalue weighted by Crippen LogP contribution is 2.16. The Hall–Kier alpha value is -1.94. The van der Waals surface area contributed by atoms with Gasteiger partial charge in [0.05, 0.1) is 11.8 Å². The fraction of sp³-hybridized carbons (Fsp3) is 0.167. The second kappa shape index (κ2) is 4.72. The van der Waals surface area contributed by atoms with Crippen molar-refractivity contribution in [1.29, 1.82) is 0 Å². The summed E-state index contributed by atoms with van der Waals surface area (Å²) in [7, 11) is 0. The summed E-state index contributed by atoms with van der Waals surface area (Å²) in [5.74, 6) is 0.464. The number of anilines is 1. The molecule has 2 heterocycles. The van der Waals surface area contributed by atoms with Gasteiger partial charge in [0.1, 0.15) is 5.82 Å². The van der Waals surface area contributed by atoms with Crippen molar-refractivity contribution < 1.29 is 5.11 Å². The number of pyridine rings is 2. The van der Waals surface area contributed by atoms with Gasteiger partial charge in [-0.1, -0.05) is 6.07 Å². The van der Waals surface area contributed by atoms with Crippen LogP contribution >= 0.6 is 0 Å². The van der Waals surface area contributed by atoms with Crippen LogP contribution in [-0.2, 0) is 6.42 Å². The molecule has 2 aromatic heterocycles. The van der Waals surface area contributed by atoms with E-state index in [0.717, 1.165) is 5.56 Å². The lowest BCUT2D eigenvalue weighted by Crippen LogP contribution is -2.04. The van der Waals surface area contributed by atoms with Crippen LogP contribution in [0, 0.1) is 0 Å². The number of rotatable bonds is 3. The number of nitrogens with zero attached hydrogens (tertiary/aromatic N) is 2. The van der Waals surface area contributed by atoms with Crippen LogP contribution in [0.1, 0.15) is 17.4 Å². The molecule has 1 atom stereocenters. The topological polar surface area (TPSA) is 72.0 Å². The number of aromatic nitrogens is 2. The van der Waals surface area contributed by atoms with Crippen LogP contribution in [0.3, 0.4) is 0 Å². The Labute approximate surface area is 93.8 Å². The maximum absolute atomic E-state index is 9.94. The van der Waals surface area contributed by atoms with Gasteiger partial charge in [0.2, 0.25) is 0 Å². The van der Waals surface area contributed by atoms with Crippen LogP contribution in [0.5, 0.6) is 0 Å². The highest BCUT2D eigenvalue weighted by Gasteiger charge is 2.09. The van der Waals surface area contributed by atoms with Crippen molar-refractivity contribution in [3.8, 4) is 0 Å². The van der Waals surface area contributed by atoms with E-state index in [-0.39, 0.29) is 0 Å². The summed E-state index contributed by atoms with van der Waals surface area (Å²) in [5.41, 5.74) is 7.18. The maximum atomic E-state index is 9.94. The third-order valence-electron chi connectivity index (χ3n) is 2.30. The zero-order valence-corrected chi connectivity index (χ0v) is 8.74.